The van der Waals surface area contributed by atoms with Gasteiger partial charge in [0.15, 0.2) is 0 Å². The van der Waals surface area contributed by atoms with Crippen molar-refractivity contribution >= 4 is 0 Å². The number of halogens is 1. The number of imidazole rings is 1. The summed E-state index contributed by atoms with van der Waals surface area (Å²) >= 11 is 0. The van der Waals surface area contributed by atoms with E-state index in [1.54, 1.807) is 12.1 Å². The zero-order valence-electron chi connectivity index (χ0n) is 12.2. The van der Waals surface area contributed by atoms with Crippen LogP contribution >= 0.6 is 0 Å². The topological polar surface area (TPSA) is 47.1 Å². The lowest BCUT2D eigenvalue weighted by atomic mass is 9.94. The average molecular weight is 288 g/mol. The van der Waals surface area contributed by atoms with Gasteiger partial charge in [-0.2, -0.15) is 0 Å². The standard InChI is InChI=1S/C16H21FN4/c1-12(16(18)13-4-2-3-5-14(13)17)10-20-8-9-21-7-6-19-15(21)11-20/h2-7,12,16H,8-11,18H2,1H3. The molecule has 0 aliphatic carbocycles. The number of fused-ring (bicyclic) bond motifs is 1. The van der Waals surface area contributed by atoms with Crippen molar-refractivity contribution in [2.45, 2.75) is 26.1 Å². The van der Waals surface area contributed by atoms with E-state index in [0.717, 1.165) is 32.0 Å². The summed E-state index contributed by atoms with van der Waals surface area (Å²) in [5.41, 5.74) is 6.84. The Morgan fingerprint density at radius 1 is 1.33 bits per heavy atom. The van der Waals surface area contributed by atoms with Gasteiger partial charge in [0.25, 0.3) is 0 Å². The highest BCUT2D eigenvalue weighted by Crippen LogP contribution is 2.23. The molecule has 0 amide bonds. The fourth-order valence-corrected chi connectivity index (χ4v) is 2.95. The third kappa shape index (κ3) is 2.99. The molecule has 0 fully saturated rings. The van der Waals surface area contributed by atoms with Crippen LogP contribution in [0.4, 0.5) is 4.39 Å². The highest BCUT2D eigenvalue weighted by molar-refractivity contribution is 5.21. The summed E-state index contributed by atoms with van der Waals surface area (Å²) in [4.78, 5) is 6.70. The number of rotatable bonds is 4. The molecule has 2 aromatic rings. The van der Waals surface area contributed by atoms with Crippen molar-refractivity contribution in [1.29, 1.82) is 0 Å². The first-order chi connectivity index (χ1) is 10.1. The molecule has 112 valence electrons. The van der Waals surface area contributed by atoms with Crippen molar-refractivity contribution in [1.82, 2.24) is 14.5 Å². The van der Waals surface area contributed by atoms with Gasteiger partial charge in [-0.1, -0.05) is 25.1 Å². The Labute approximate surface area is 124 Å². The van der Waals surface area contributed by atoms with Crippen LogP contribution in [0.25, 0.3) is 0 Å². The lowest BCUT2D eigenvalue weighted by Crippen LogP contribution is -2.39. The van der Waals surface area contributed by atoms with Crippen molar-refractivity contribution < 1.29 is 4.39 Å². The molecule has 1 aromatic carbocycles. The van der Waals surface area contributed by atoms with E-state index < -0.39 is 0 Å². The van der Waals surface area contributed by atoms with Gasteiger partial charge in [-0.15, -0.1) is 0 Å². The zero-order valence-corrected chi connectivity index (χ0v) is 12.2. The Balaban J connectivity index is 1.64. The van der Waals surface area contributed by atoms with Crippen LogP contribution in [0.2, 0.25) is 0 Å². The molecule has 1 aliphatic rings. The summed E-state index contributed by atoms with van der Waals surface area (Å²) in [6, 6.07) is 6.50. The number of benzene rings is 1. The second kappa shape index (κ2) is 5.95. The number of nitrogens with zero attached hydrogens (tertiary/aromatic N) is 3. The first-order valence-corrected chi connectivity index (χ1v) is 7.37. The maximum atomic E-state index is 13.8. The molecule has 0 spiro atoms. The maximum Gasteiger partial charge on any atom is 0.127 e. The molecule has 2 atom stereocenters. The minimum absolute atomic E-state index is 0.184. The van der Waals surface area contributed by atoms with Crippen LogP contribution in [0, 0.1) is 11.7 Å². The van der Waals surface area contributed by atoms with E-state index in [1.807, 2.05) is 18.5 Å². The Kier molecular flexibility index (Phi) is 4.03. The fourth-order valence-electron chi connectivity index (χ4n) is 2.95. The van der Waals surface area contributed by atoms with Crippen molar-refractivity contribution in [3.8, 4) is 0 Å². The second-order valence-corrected chi connectivity index (χ2v) is 5.80. The third-order valence-electron chi connectivity index (χ3n) is 4.25. The quantitative estimate of drug-likeness (QED) is 0.938. The monoisotopic (exact) mass is 288 g/mol. The molecule has 21 heavy (non-hydrogen) atoms. The third-order valence-corrected chi connectivity index (χ3v) is 4.25. The minimum atomic E-state index is -0.284. The van der Waals surface area contributed by atoms with Crippen LogP contribution in [0.3, 0.4) is 0 Å². The van der Waals surface area contributed by atoms with E-state index in [0.29, 0.717) is 5.56 Å². The summed E-state index contributed by atoms with van der Waals surface area (Å²) in [6.45, 7) is 5.70. The van der Waals surface area contributed by atoms with Gasteiger partial charge in [0, 0.05) is 43.6 Å². The highest BCUT2D eigenvalue weighted by atomic mass is 19.1. The Hall–Kier alpha value is -1.72. The summed E-state index contributed by atoms with van der Waals surface area (Å²) in [6.07, 6.45) is 3.86. The lowest BCUT2D eigenvalue weighted by molar-refractivity contribution is 0.179. The van der Waals surface area contributed by atoms with E-state index in [2.05, 4.69) is 21.4 Å². The number of hydrogen-bond acceptors (Lipinski definition) is 3. The number of nitrogens with two attached hydrogens (primary N) is 1. The van der Waals surface area contributed by atoms with Gasteiger partial charge < -0.3 is 10.3 Å². The molecule has 0 bridgehead atoms. The van der Waals surface area contributed by atoms with E-state index in [1.165, 1.54) is 6.07 Å². The predicted molar refractivity (Wildman–Crippen MR) is 80.0 cm³/mol. The molecule has 1 aliphatic heterocycles. The largest absolute Gasteiger partial charge is 0.333 e. The fraction of sp³-hybridized carbons (Fsp3) is 0.438. The smallest absolute Gasteiger partial charge is 0.127 e. The minimum Gasteiger partial charge on any atom is -0.333 e. The van der Waals surface area contributed by atoms with Crippen molar-refractivity contribution in [3.63, 3.8) is 0 Å². The Morgan fingerprint density at radius 3 is 2.95 bits per heavy atom. The lowest BCUT2D eigenvalue weighted by Gasteiger charge is -2.32. The first kappa shape index (κ1) is 14.2. The zero-order chi connectivity index (χ0) is 14.8. The molecule has 2 heterocycles. The molecule has 1 aromatic heterocycles. The predicted octanol–water partition coefficient (Wildman–Crippen LogP) is 2.17. The summed E-state index contributed by atoms with van der Waals surface area (Å²) in [5.74, 6) is 1.06. The summed E-state index contributed by atoms with van der Waals surface area (Å²) < 4.78 is 16.0. The molecule has 2 unspecified atom stereocenters. The molecule has 0 radical (unpaired) electrons. The Bertz CT molecular complexity index is 610. The van der Waals surface area contributed by atoms with Crippen LogP contribution in [0.1, 0.15) is 24.4 Å². The van der Waals surface area contributed by atoms with Gasteiger partial charge in [0.1, 0.15) is 11.6 Å². The van der Waals surface area contributed by atoms with Crippen LogP contribution in [-0.4, -0.2) is 27.5 Å². The van der Waals surface area contributed by atoms with Crippen molar-refractivity contribution in [2.24, 2.45) is 11.7 Å². The second-order valence-electron chi connectivity index (χ2n) is 5.80. The SMILES string of the molecule is CC(CN1CCn2ccnc2C1)C(N)c1ccccc1F. The van der Waals surface area contributed by atoms with E-state index in [9.17, 15) is 4.39 Å². The van der Waals surface area contributed by atoms with E-state index in [4.69, 9.17) is 5.73 Å². The molecule has 2 N–H and O–H groups in total. The van der Waals surface area contributed by atoms with Gasteiger partial charge in [-0.25, -0.2) is 9.37 Å². The van der Waals surface area contributed by atoms with Crippen LogP contribution in [-0.2, 0) is 13.1 Å². The van der Waals surface area contributed by atoms with Crippen molar-refractivity contribution in [2.75, 3.05) is 13.1 Å². The van der Waals surface area contributed by atoms with Gasteiger partial charge in [-0.05, 0) is 12.0 Å². The normalized spacial score (nSPS) is 18.2. The molecule has 3 rings (SSSR count). The molecule has 0 saturated carbocycles. The maximum absolute atomic E-state index is 13.8. The summed E-state index contributed by atoms with van der Waals surface area (Å²) in [5, 5.41) is 0. The molecule has 5 heteroatoms. The number of hydrogen-bond donors (Lipinski definition) is 1. The van der Waals surface area contributed by atoms with E-state index in [-0.39, 0.29) is 17.8 Å². The van der Waals surface area contributed by atoms with Gasteiger partial charge in [-0.3, -0.25) is 4.90 Å². The first-order valence-electron chi connectivity index (χ1n) is 7.37. The molecular weight excluding hydrogens is 267 g/mol. The van der Waals surface area contributed by atoms with Crippen LogP contribution in [0.15, 0.2) is 36.7 Å². The van der Waals surface area contributed by atoms with Crippen LogP contribution in [0.5, 0.6) is 0 Å². The van der Waals surface area contributed by atoms with Crippen LogP contribution < -0.4 is 5.73 Å². The Morgan fingerprint density at radius 2 is 2.14 bits per heavy atom. The molecular formula is C16H21FN4. The van der Waals surface area contributed by atoms with E-state index >= 15 is 0 Å². The summed E-state index contributed by atoms with van der Waals surface area (Å²) in [7, 11) is 0. The van der Waals surface area contributed by atoms with Gasteiger partial charge in [0.05, 0.1) is 6.54 Å². The molecule has 4 nitrogen and oxygen atoms in total. The highest BCUT2D eigenvalue weighted by Gasteiger charge is 2.23. The van der Waals surface area contributed by atoms with Crippen molar-refractivity contribution in [3.05, 3.63) is 53.9 Å². The van der Waals surface area contributed by atoms with Gasteiger partial charge >= 0.3 is 0 Å². The van der Waals surface area contributed by atoms with Gasteiger partial charge in [0.2, 0.25) is 0 Å². The molecule has 0 saturated heterocycles. The average Bonchev–Trinajstić information content (AvgIpc) is 2.94. The number of aromatic nitrogens is 2.